The Hall–Kier alpha value is -1.58. The molecular formula is C15H20N2O2. The molecule has 1 saturated heterocycles. The topological polar surface area (TPSA) is 42.4 Å². The van der Waals surface area contributed by atoms with Crippen LogP contribution in [-0.2, 0) is 11.3 Å². The highest BCUT2D eigenvalue weighted by Crippen LogP contribution is 2.51. The van der Waals surface area contributed by atoms with Crippen LogP contribution >= 0.6 is 0 Å². The second-order valence-electron chi connectivity index (χ2n) is 6.03. The second kappa shape index (κ2) is 4.51. The number of ether oxygens (including phenoxy) is 1. The number of methoxy groups -OCH3 is 1. The highest BCUT2D eigenvalue weighted by atomic mass is 16.5. The van der Waals surface area contributed by atoms with Gasteiger partial charge in [0.15, 0.2) is 0 Å². The molecule has 19 heavy (non-hydrogen) atoms. The van der Waals surface area contributed by atoms with Gasteiger partial charge in [-0.05, 0) is 30.2 Å². The van der Waals surface area contributed by atoms with E-state index in [9.17, 15) is 4.79 Å². The number of aromatic nitrogens is 1. The van der Waals surface area contributed by atoms with E-state index in [2.05, 4.69) is 11.9 Å². The van der Waals surface area contributed by atoms with Gasteiger partial charge in [-0.2, -0.15) is 0 Å². The summed E-state index contributed by atoms with van der Waals surface area (Å²) in [6.45, 7) is 3.73. The van der Waals surface area contributed by atoms with Crippen LogP contribution in [0.5, 0.6) is 5.88 Å². The number of rotatable bonds is 4. The van der Waals surface area contributed by atoms with E-state index in [-0.39, 0.29) is 11.3 Å². The Labute approximate surface area is 113 Å². The van der Waals surface area contributed by atoms with Crippen molar-refractivity contribution in [2.75, 3.05) is 13.7 Å². The maximum Gasteiger partial charge on any atom is 0.223 e. The standard InChI is InChI=1S/C15H20N2O2/c1-15(12-5-6-12)8-13(18)17(10-15)9-11-4-3-7-16-14(11)19-2/h3-4,7,12H,5-6,8-10H2,1-2H3/t15-/m0/s1. The van der Waals surface area contributed by atoms with Crippen LogP contribution in [0.4, 0.5) is 0 Å². The lowest BCUT2D eigenvalue weighted by molar-refractivity contribution is -0.128. The molecule has 2 heterocycles. The Morgan fingerprint density at radius 1 is 1.53 bits per heavy atom. The summed E-state index contributed by atoms with van der Waals surface area (Å²) in [5, 5.41) is 0. The molecule has 0 radical (unpaired) electrons. The maximum atomic E-state index is 12.2. The zero-order chi connectivity index (χ0) is 13.5. The van der Waals surface area contributed by atoms with Gasteiger partial charge in [-0.15, -0.1) is 0 Å². The van der Waals surface area contributed by atoms with Gasteiger partial charge in [-0.3, -0.25) is 4.79 Å². The first-order chi connectivity index (χ1) is 9.12. The number of carbonyl (C=O) groups excluding carboxylic acids is 1. The van der Waals surface area contributed by atoms with Gasteiger partial charge in [0.05, 0.1) is 13.7 Å². The highest BCUT2D eigenvalue weighted by Gasteiger charge is 2.49. The fourth-order valence-corrected chi connectivity index (χ4v) is 3.17. The van der Waals surface area contributed by atoms with E-state index in [1.54, 1.807) is 13.3 Å². The summed E-state index contributed by atoms with van der Waals surface area (Å²) in [4.78, 5) is 18.3. The molecule has 1 aliphatic carbocycles. The molecule has 0 spiro atoms. The summed E-state index contributed by atoms with van der Waals surface area (Å²) < 4.78 is 5.25. The third-order valence-corrected chi connectivity index (χ3v) is 4.43. The smallest absolute Gasteiger partial charge is 0.223 e. The molecule has 3 rings (SSSR count). The van der Waals surface area contributed by atoms with Crippen molar-refractivity contribution in [3.05, 3.63) is 23.9 Å². The minimum absolute atomic E-state index is 0.187. The second-order valence-corrected chi connectivity index (χ2v) is 6.03. The summed E-state index contributed by atoms with van der Waals surface area (Å²) in [5.41, 5.74) is 1.17. The summed E-state index contributed by atoms with van der Waals surface area (Å²) >= 11 is 0. The van der Waals surface area contributed by atoms with Gasteiger partial charge in [0.2, 0.25) is 11.8 Å². The molecule has 0 unspecified atom stereocenters. The third-order valence-electron chi connectivity index (χ3n) is 4.43. The molecule has 4 nitrogen and oxygen atoms in total. The first-order valence-corrected chi connectivity index (χ1v) is 6.88. The molecule has 4 heteroatoms. The summed E-state index contributed by atoms with van der Waals surface area (Å²) in [6.07, 6.45) is 4.98. The lowest BCUT2D eigenvalue weighted by Crippen LogP contribution is -2.28. The molecule has 2 aliphatic rings. The SMILES string of the molecule is COc1ncccc1CN1C[C@@](C)(C2CC2)CC1=O. The van der Waals surface area contributed by atoms with Crippen molar-refractivity contribution in [1.29, 1.82) is 0 Å². The fourth-order valence-electron chi connectivity index (χ4n) is 3.17. The van der Waals surface area contributed by atoms with Gasteiger partial charge in [-0.25, -0.2) is 4.98 Å². The van der Waals surface area contributed by atoms with Crippen molar-refractivity contribution in [3.63, 3.8) is 0 Å². The first kappa shape index (κ1) is 12.5. The molecular weight excluding hydrogens is 240 g/mol. The van der Waals surface area contributed by atoms with Gasteiger partial charge in [-0.1, -0.05) is 13.0 Å². The molecule has 0 aromatic carbocycles. The van der Waals surface area contributed by atoms with E-state index in [1.165, 1.54) is 12.8 Å². The van der Waals surface area contributed by atoms with Crippen molar-refractivity contribution in [2.24, 2.45) is 11.3 Å². The summed E-state index contributed by atoms with van der Waals surface area (Å²) in [5.74, 6) is 1.63. The number of carbonyl (C=O) groups is 1. The van der Waals surface area contributed by atoms with Crippen LogP contribution in [0.1, 0.15) is 31.7 Å². The third kappa shape index (κ3) is 2.31. The minimum atomic E-state index is 0.187. The number of pyridine rings is 1. The van der Waals surface area contributed by atoms with E-state index in [0.717, 1.165) is 18.0 Å². The van der Waals surface area contributed by atoms with E-state index >= 15 is 0 Å². The van der Waals surface area contributed by atoms with Gasteiger partial charge in [0, 0.05) is 24.7 Å². The summed E-state index contributed by atoms with van der Waals surface area (Å²) in [6, 6.07) is 3.87. The minimum Gasteiger partial charge on any atom is -0.481 e. The van der Waals surface area contributed by atoms with Gasteiger partial charge in [0.25, 0.3) is 0 Å². The Bertz CT molecular complexity index is 499. The van der Waals surface area contributed by atoms with Crippen molar-refractivity contribution in [2.45, 2.75) is 32.7 Å². The average molecular weight is 260 g/mol. The van der Waals surface area contributed by atoms with E-state index < -0.39 is 0 Å². The predicted molar refractivity (Wildman–Crippen MR) is 71.7 cm³/mol. The van der Waals surface area contributed by atoms with Crippen molar-refractivity contribution >= 4 is 5.91 Å². The molecule has 102 valence electrons. The lowest BCUT2D eigenvalue weighted by Gasteiger charge is -2.24. The van der Waals surface area contributed by atoms with Crippen LogP contribution in [0.25, 0.3) is 0 Å². The van der Waals surface area contributed by atoms with Crippen LogP contribution < -0.4 is 4.74 Å². The maximum absolute atomic E-state index is 12.2. The van der Waals surface area contributed by atoms with E-state index in [1.807, 2.05) is 17.0 Å². The van der Waals surface area contributed by atoms with Crippen LogP contribution in [-0.4, -0.2) is 29.4 Å². The largest absolute Gasteiger partial charge is 0.481 e. The number of amides is 1. The van der Waals surface area contributed by atoms with E-state index in [4.69, 9.17) is 4.74 Å². The quantitative estimate of drug-likeness (QED) is 0.833. The van der Waals surface area contributed by atoms with Crippen LogP contribution in [0, 0.1) is 11.3 Å². The van der Waals surface area contributed by atoms with Gasteiger partial charge >= 0.3 is 0 Å². The van der Waals surface area contributed by atoms with Gasteiger partial charge < -0.3 is 9.64 Å². The molecule has 1 aromatic heterocycles. The fraction of sp³-hybridized carbons (Fsp3) is 0.600. The Morgan fingerprint density at radius 3 is 3.00 bits per heavy atom. The molecule has 0 N–H and O–H groups in total. The van der Waals surface area contributed by atoms with E-state index in [0.29, 0.717) is 18.8 Å². The normalized spacial score (nSPS) is 26.8. The van der Waals surface area contributed by atoms with Crippen LogP contribution in [0.3, 0.4) is 0 Å². The molecule has 1 aromatic rings. The number of likely N-dealkylation sites (tertiary alicyclic amines) is 1. The average Bonchev–Trinajstić information content (AvgIpc) is 3.19. The molecule has 1 atom stereocenters. The van der Waals surface area contributed by atoms with Gasteiger partial charge in [0.1, 0.15) is 0 Å². The van der Waals surface area contributed by atoms with Crippen molar-refractivity contribution in [3.8, 4) is 5.88 Å². The Kier molecular flexibility index (Phi) is 2.96. The number of hydrogen-bond acceptors (Lipinski definition) is 3. The predicted octanol–water partition coefficient (Wildman–Crippen LogP) is 2.24. The Balaban J connectivity index is 1.75. The van der Waals surface area contributed by atoms with Crippen LogP contribution in [0.15, 0.2) is 18.3 Å². The number of hydrogen-bond donors (Lipinski definition) is 0. The molecule has 2 fully saturated rings. The summed E-state index contributed by atoms with van der Waals surface area (Å²) in [7, 11) is 1.62. The molecule has 1 saturated carbocycles. The number of nitrogens with zero attached hydrogens (tertiary/aromatic N) is 2. The lowest BCUT2D eigenvalue weighted by atomic mass is 9.84. The zero-order valence-electron chi connectivity index (χ0n) is 11.6. The first-order valence-electron chi connectivity index (χ1n) is 6.88. The van der Waals surface area contributed by atoms with Crippen molar-refractivity contribution < 1.29 is 9.53 Å². The monoisotopic (exact) mass is 260 g/mol. The van der Waals surface area contributed by atoms with Crippen molar-refractivity contribution in [1.82, 2.24) is 9.88 Å². The zero-order valence-corrected chi connectivity index (χ0v) is 11.6. The Morgan fingerprint density at radius 2 is 2.32 bits per heavy atom. The highest BCUT2D eigenvalue weighted by molar-refractivity contribution is 5.79. The molecule has 0 bridgehead atoms. The molecule has 1 amide bonds. The molecule has 1 aliphatic heterocycles. The van der Waals surface area contributed by atoms with Crippen LogP contribution in [0.2, 0.25) is 0 Å².